The number of carbonyl (C=O) groups excluding carboxylic acids is 1. The lowest BCUT2D eigenvalue weighted by molar-refractivity contribution is -0.113. The Morgan fingerprint density at radius 1 is 1.48 bits per heavy atom. The van der Waals surface area contributed by atoms with Crippen molar-refractivity contribution < 1.29 is 13.6 Å². The van der Waals surface area contributed by atoms with E-state index >= 15 is 0 Å². The Labute approximate surface area is 174 Å². The van der Waals surface area contributed by atoms with E-state index in [1.54, 1.807) is 24.3 Å². The Balaban J connectivity index is 1.50. The van der Waals surface area contributed by atoms with Crippen LogP contribution in [0.2, 0.25) is 0 Å². The fourth-order valence-electron chi connectivity index (χ4n) is 3.56. The normalized spacial score (nSPS) is 16.0. The van der Waals surface area contributed by atoms with Gasteiger partial charge in [0.05, 0.1) is 22.3 Å². The van der Waals surface area contributed by atoms with E-state index < -0.39 is 6.55 Å². The van der Waals surface area contributed by atoms with E-state index in [0.717, 1.165) is 46.0 Å². The lowest BCUT2D eigenvalue weighted by Crippen LogP contribution is -2.15. The zero-order valence-electron chi connectivity index (χ0n) is 15.6. The van der Waals surface area contributed by atoms with Crippen LogP contribution >= 0.6 is 23.1 Å². The second-order valence-electron chi connectivity index (χ2n) is 7.04. The number of anilines is 1. The number of alkyl halides is 2. The van der Waals surface area contributed by atoms with Crippen LogP contribution < -0.4 is 5.32 Å². The Morgan fingerprint density at radius 2 is 2.28 bits per heavy atom. The number of carbonyl (C=O) groups is 1. The van der Waals surface area contributed by atoms with Crippen molar-refractivity contribution in [3.05, 3.63) is 40.3 Å². The molecule has 0 fully saturated rings. The van der Waals surface area contributed by atoms with Gasteiger partial charge in [0.2, 0.25) is 5.91 Å². The van der Waals surface area contributed by atoms with Crippen LogP contribution in [0.3, 0.4) is 0 Å². The predicted octanol–water partition coefficient (Wildman–Crippen LogP) is 5.22. The summed E-state index contributed by atoms with van der Waals surface area (Å²) < 4.78 is 27.8. The maximum absolute atomic E-state index is 13.5. The van der Waals surface area contributed by atoms with Gasteiger partial charge in [-0.2, -0.15) is 14.0 Å². The summed E-state index contributed by atoms with van der Waals surface area (Å²) in [5.41, 5.74) is 2.37. The van der Waals surface area contributed by atoms with E-state index in [-0.39, 0.29) is 16.8 Å². The van der Waals surface area contributed by atoms with Crippen LogP contribution in [0.5, 0.6) is 0 Å². The molecule has 0 aliphatic heterocycles. The molecular formula is C20H18F2N4OS2. The summed E-state index contributed by atoms with van der Waals surface area (Å²) in [6.45, 7) is -0.567. The highest BCUT2D eigenvalue weighted by Gasteiger charge is 2.25. The first-order valence-corrected chi connectivity index (χ1v) is 11.0. The van der Waals surface area contributed by atoms with Crippen molar-refractivity contribution in [1.82, 2.24) is 9.55 Å². The lowest BCUT2D eigenvalue weighted by Gasteiger charge is -2.17. The first kappa shape index (κ1) is 19.9. The fraction of sp³-hybridized carbons (Fsp3) is 0.350. The van der Waals surface area contributed by atoms with Crippen molar-refractivity contribution in [2.45, 2.75) is 37.9 Å². The summed E-state index contributed by atoms with van der Waals surface area (Å²) in [5.74, 6) is 0.153. The number of nitrogens with one attached hydrogen (secondary N) is 1. The highest BCUT2D eigenvalue weighted by atomic mass is 32.2. The Bertz CT molecular complexity index is 1120. The number of aromatic nitrogens is 2. The number of hydrogen-bond acceptors (Lipinski definition) is 5. The van der Waals surface area contributed by atoms with Gasteiger partial charge in [-0.25, -0.2) is 4.98 Å². The number of rotatable bonds is 5. The summed E-state index contributed by atoms with van der Waals surface area (Å²) in [4.78, 5) is 17.8. The second kappa shape index (κ2) is 8.13. The minimum Gasteiger partial charge on any atom is -0.316 e. The van der Waals surface area contributed by atoms with Gasteiger partial charge in [0.1, 0.15) is 11.1 Å². The van der Waals surface area contributed by atoms with Crippen LogP contribution in [0.4, 0.5) is 13.8 Å². The molecule has 3 aromatic rings. The molecule has 1 aromatic carbocycles. The molecule has 1 N–H and O–H groups in total. The largest absolute Gasteiger partial charge is 0.321 e. The molecule has 4 rings (SSSR count). The number of para-hydroxylation sites is 2. The van der Waals surface area contributed by atoms with Crippen molar-refractivity contribution in [1.29, 1.82) is 5.26 Å². The third-order valence-electron chi connectivity index (χ3n) is 4.97. The molecule has 0 saturated carbocycles. The molecule has 1 unspecified atom stereocenters. The number of halogens is 2. The van der Waals surface area contributed by atoms with Gasteiger partial charge in [-0.15, -0.1) is 11.3 Å². The van der Waals surface area contributed by atoms with Crippen LogP contribution in [-0.2, 0) is 17.6 Å². The zero-order valence-corrected chi connectivity index (χ0v) is 17.2. The highest BCUT2D eigenvalue weighted by molar-refractivity contribution is 7.99. The van der Waals surface area contributed by atoms with Crippen molar-refractivity contribution in [3.8, 4) is 6.07 Å². The van der Waals surface area contributed by atoms with Crippen LogP contribution in [0.25, 0.3) is 11.0 Å². The molecule has 0 radical (unpaired) electrons. The summed E-state index contributed by atoms with van der Waals surface area (Å²) in [7, 11) is 0. The second-order valence-corrected chi connectivity index (χ2v) is 9.08. The monoisotopic (exact) mass is 432 g/mol. The molecule has 29 heavy (non-hydrogen) atoms. The van der Waals surface area contributed by atoms with Gasteiger partial charge in [-0.3, -0.25) is 9.36 Å². The van der Waals surface area contributed by atoms with Crippen molar-refractivity contribution in [2.24, 2.45) is 5.92 Å². The van der Waals surface area contributed by atoms with Gasteiger partial charge in [0.15, 0.2) is 5.16 Å². The predicted molar refractivity (Wildman–Crippen MR) is 111 cm³/mol. The van der Waals surface area contributed by atoms with Gasteiger partial charge in [-0.1, -0.05) is 30.8 Å². The molecule has 1 aliphatic carbocycles. The molecule has 0 spiro atoms. The van der Waals surface area contributed by atoms with Gasteiger partial charge in [0.25, 0.3) is 0 Å². The van der Waals surface area contributed by atoms with E-state index in [1.165, 1.54) is 11.3 Å². The molecule has 2 heterocycles. The Hall–Kier alpha value is -2.44. The maximum atomic E-state index is 13.5. The number of thiophene rings is 1. The fourth-order valence-corrected chi connectivity index (χ4v) is 5.75. The van der Waals surface area contributed by atoms with Crippen LogP contribution in [0.1, 0.15) is 35.9 Å². The number of benzene rings is 1. The molecule has 9 heteroatoms. The Morgan fingerprint density at radius 3 is 3.03 bits per heavy atom. The number of thioether (sulfide) groups is 1. The number of imidazole rings is 1. The molecule has 2 aromatic heterocycles. The average Bonchev–Trinajstić information content (AvgIpc) is 3.22. The third kappa shape index (κ3) is 3.87. The standard InChI is InChI=1S/C20H18F2N4OS2/c1-11-6-7-12-13(9-23)18(29-16(12)8-11)25-17(27)10-28-20-24-14-4-2-3-5-15(14)26(20)19(21)22/h2-5,11,19H,6-8,10H2,1H3,(H,25,27). The number of amides is 1. The van der Waals surface area contributed by atoms with E-state index in [2.05, 4.69) is 23.3 Å². The van der Waals surface area contributed by atoms with E-state index in [4.69, 9.17) is 0 Å². The SMILES string of the molecule is CC1CCc2c(sc(NC(=O)CSc3nc4ccccc4n3C(F)F)c2C#N)C1. The highest BCUT2D eigenvalue weighted by Crippen LogP contribution is 2.39. The van der Waals surface area contributed by atoms with E-state index in [0.29, 0.717) is 27.5 Å². The topological polar surface area (TPSA) is 70.7 Å². The van der Waals surface area contributed by atoms with Crippen LogP contribution in [-0.4, -0.2) is 21.2 Å². The zero-order chi connectivity index (χ0) is 20.5. The van der Waals surface area contributed by atoms with E-state index in [9.17, 15) is 18.8 Å². The van der Waals surface area contributed by atoms with E-state index in [1.807, 2.05) is 0 Å². The molecular weight excluding hydrogens is 414 g/mol. The number of nitriles is 1. The minimum absolute atomic E-state index is 0.0696. The summed E-state index contributed by atoms with van der Waals surface area (Å²) in [6, 6.07) is 8.86. The molecule has 150 valence electrons. The quantitative estimate of drug-likeness (QED) is 0.561. The maximum Gasteiger partial charge on any atom is 0.321 e. The number of nitrogens with zero attached hydrogens (tertiary/aromatic N) is 3. The molecule has 1 aliphatic rings. The van der Waals surface area contributed by atoms with Gasteiger partial charge >= 0.3 is 6.55 Å². The first-order chi connectivity index (χ1) is 14.0. The van der Waals surface area contributed by atoms with Gasteiger partial charge in [0, 0.05) is 4.88 Å². The first-order valence-electron chi connectivity index (χ1n) is 9.20. The van der Waals surface area contributed by atoms with Crippen molar-refractivity contribution >= 4 is 45.0 Å². The molecule has 1 amide bonds. The molecule has 5 nitrogen and oxygen atoms in total. The molecule has 1 atom stereocenters. The summed E-state index contributed by atoms with van der Waals surface area (Å²) in [6.07, 6.45) is 2.79. The lowest BCUT2D eigenvalue weighted by atomic mass is 9.89. The van der Waals surface area contributed by atoms with Crippen LogP contribution in [0.15, 0.2) is 29.4 Å². The van der Waals surface area contributed by atoms with Crippen molar-refractivity contribution in [2.75, 3.05) is 11.1 Å². The molecule has 0 bridgehead atoms. The number of fused-ring (bicyclic) bond motifs is 2. The average molecular weight is 433 g/mol. The molecule has 0 saturated heterocycles. The van der Waals surface area contributed by atoms with Gasteiger partial charge in [-0.05, 0) is 42.9 Å². The Kier molecular flexibility index (Phi) is 5.56. The third-order valence-corrected chi connectivity index (χ3v) is 7.09. The smallest absolute Gasteiger partial charge is 0.316 e. The van der Waals surface area contributed by atoms with Crippen LogP contribution in [0, 0.1) is 17.2 Å². The van der Waals surface area contributed by atoms with Gasteiger partial charge < -0.3 is 5.32 Å². The summed E-state index contributed by atoms with van der Waals surface area (Å²) in [5, 5.41) is 13.0. The van der Waals surface area contributed by atoms with Crippen molar-refractivity contribution in [3.63, 3.8) is 0 Å². The number of hydrogen-bond donors (Lipinski definition) is 1. The summed E-state index contributed by atoms with van der Waals surface area (Å²) >= 11 is 2.41. The minimum atomic E-state index is -2.75.